The summed E-state index contributed by atoms with van der Waals surface area (Å²) < 4.78 is 24.4. The molecule has 0 radical (unpaired) electrons. The van der Waals surface area contributed by atoms with Crippen LogP contribution in [0.2, 0.25) is 0 Å². The molecule has 8 rings (SSSR count). The first-order chi connectivity index (χ1) is 28.6. The predicted molar refractivity (Wildman–Crippen MR) is 228 cm³/mol. The molecule has 308 valence electrons. The Morgan fingerprint density at radius 1 is 0.780 bits per heavy atom. The molecule has 3 aliphatic heterocycles. The number of ether oxygens (including phenoxy) is 4. The van der Waals surface area contributed by atoms with E-state index < -0.39 is 5.60 Å². The molecule has 12 nitrogen and oxygen atoms in total. The van der Waals surface area contributed by atoms with Crippen LogP contribution in [0.25, 0.3) is 10.8 Å². The van der Waals surface area contributed by atoms with Crippen LogP contribution in [-0.2, 0) is 35.7 Å². The van der Waals surface area contributed by atoms with Gasteiger partial charge in [0.15, 0.2) is 0 Å². The molecule has 0 saturated carbocycles. The van der Waals surface area contributed by atoms with Gasteiger partial charge in [-0.1, -0.05) is 84.9 Å². The summed E-state index contributed by atoms with van der Waals surface area (Å²) in [6.45, 7) is 12.4. The Morgan fingerprint density at radius 3 is 2.20 bits per heavy atom. The van der Waals surface area contributed by atoms with E-state index in [0.29, 0.717) is 45.9 Å². The number of benzene rings is 4. The molecule has 4 aromatic carbocycles. The van der Waals surface area contributed by atoms with E-state index in [9.17, 15) is 9.59 Å². The van der Waals surface area contributed by atoms with Crippen LogP contribution in [0.15, 0.2) is 97.1 Å². The molecule has 2 amide bonds. The zero-order valence-electron chi connectivity index (χ0n) is 34.5. The number of carbonyl (C=O) groups is 2. The van der Waals surface area contributed by atoms with Gasteiger partial charge in [-0.3, -0.25) is 0 Å². The zero-order chi connectivity index (χ0) is 40.9. The third-order valence-electron chi connectivity index (χ3n) is 11.2. The maximum absolute atomic E-state index is 13.2. The number of likely N-dealkylation sites (tertiary alicyclic amines) is 1. The number of amides is 2. The van der Waals surface area contributed by atoms with E-state index in [1.807, 2.05) is 76.2 Å². The van der Waals surface area contributed by atoms with Crippen molar-refractivity contribution < 1.29 is 28.5 Å². The van der Waals surface area contributed by atoms with E-state index >= 15 is 0 Å². The number of carbonyl (C=O) groups excluding carboxylic acids is 2. The molecule has 0 bridgehead atoms. The molecule has 0 N–H and O–H groups in total. The third-order valence-corrected chi connectivity index (χ3v) is 11.2. The molecule has 0 unspecified atom stereocenters. The molecule has 2 atom stereocenters. The van der Waals surface area contributed by atoms with Gasteiger partial charge in [0, 0.05) is 62.0 Å². The van der Waals surface area contributed by atoms with Crippen molar-refractivity contribution in [1.29, 1.82) is 0 Å². The van der Waals surface area contributed by atoms with Crippen molar-refractivity contribution >= 4 is 34.5 Å². The first kappa shape index (κ1) is 39.8. The van der Waals surface area contributed by atoms with Gasteiger partial charge in [-0.25, -0.2) is 9.59 Å². The molecule has 2 saturated heterocycles. The minimum Gasteiger partial charge on any atom is -0.489 e. The summed E-state index contributed by atoms with van der Waals surface area (Å²) in [6.07, 6.45) is 1.35. The van der Waals surface area contributed by atoms with Crippen molar-refractivity contribution in [2.45, 2.75) is 84.5 Å². The highest BCUT2D eigenvalue weighted by Crippen LogP contribution is 2.37. The number of aromatic nitrogens is 2. The highest BCUT2D eigenvalue weighted by atomic mass is 16.6. The van der Waals surface area contributed by atoms with Gasteiger partial charge in [0.05, 0.1) is 18.3 Å². The number of anilines is 2. The minimum absolute atomic E-state index is 0.181. The lowest BCUT2D eigenvalue weighted by Crippen LogP contribution is -2.50. The van der Waals surface area contributed by atoms with Crippen LogP contribution in [0.1, 0.15) is 62.9 Å². The highest BCUT2D eigenvalue weighted by molar-refractivity contribution is 5.96. The molecule has 2 fully saturated rings. The Labute approximate surface area is 346 Å². The summed E-state index contributed by atoms with van der Waals surface area (Å²) in [7, 11) is 0. The summed E-state index contributed by atoms with van der Waals surface area (Å²) in [5, 5.41) is 2.24. The Kier molecular flexibility index (Phi) is 11.8. The summed E-state index contributed by atoms with van der Waals surface area (Å²) in [5.41, 5.74) is 4.51. The molecule has 3 aliphatic rings. The highest BCUT2D eigenvalue weighted by Gasteiger charge is 2.37. The zero-order valence-corrected chi connectivity index (χ0v) is 34.5. The molecule has 0 aliphatic carbocycles. The van der Waals surface area contributed by atoms with Crippen molar-refractivity contribution in [3.05, 3.63) is 119 Å². The number of piperazine rings is 1. The van der Waals surface area contributed by atoms with Gasteiger partial charge in [-0.05, 0) is 69.5 Å². The van der Waals surface area contributed by atoms with Crippen LogP contribution in [0.4, 0.5) is 21.1 Å². The fraction of sp³-hybridized carbons (Fsp3) is 0.404. The summed E-state index contributed by atoms with van der Waals surface area (Å²) in [4.78, 5) is 44.7. The van der Waals surface area contributed by atoms with Gasteiger partial charge < -0.3 is 38.5 Å². The monoisotopic (exact) mass is 798 g/mol. The molecule has 5 aromatic rings. The first-order valence-electron chi connectivity index (χ1n) is 20.8. The van der Waals surface area contributed by atoms with Crippen LogP contribution in [0.5, 0.6) is 11.8 Å². The third kappa shape index (κ3) is 9.48. The number of rotatable bonds is 10. The average Bonchev–Trinajstić information content (AvgIpc) is 3.75. The van der Waals surface area contributed by atoms with Gasteiger partial charge in [0.1, 0.15) is 36.5 Å². The minimum atomic E-state index is -0.599. The molecule has 1 aromatic heterocycles. The van der Waals surface area contributed by atoms with Crippen LogP contribution in [0, 0.1) is 0 Å². The van der Waals surface area contributed by atoms with Crippen molar-refractivity contribution in [3.8, 4) is 11.8 Å². The Morgan fingerprint density at radius 2 is 1.47 bits per heavy atom. The van der Waals surface area contributed by atoms with Crippen molar-refractivity contribution in [1.82, 2.24) is 19.8 Å². The number of hydrogen-bond donors (Lipinski definition) is 0. The van der Waals surface area contributed by atoms with E-state index in [1.165, 1.54) is 0 Å². The van der Waals surface area contributed by atoms with Gasteiger partial charge >= 0.3 is 18.2 Å². The molecule has 0 spiro atoms. The second kappa shape index (κ2) is 17.4. The quantitative estimate of drug-likeness (QED) is 0.137. The molecular weight excluding hydrogens is 745 g/mol. The topological polar surface area (TPSA) is 110 Å². The predicted octanol–water partition coefficient (Wildman–Crippen LogP) is 8.40. The molecule has 12 heteroatoms. The standard InChI is InChI=1S/C47H54N6O6/c1-33(41-20-13-22-53(41)46(55)59-47(2,3)4)58-44-48-40-30-52(42-29-37(28-36-18-11-12-19-38(36)42)56-31-34-14-7-5-8-15-34)23-21-39(40)43(49-44)50-24-26-51(27-25-50)45(54)57-32-35-16-9-6-10-17-35/h5-12,14-19,28-29,33,41H,13,20-27,30-32H2,1-4H3/t33-,41-/m1/s1. The van der Waals surface area contributed by atoms with Gasteiger partial charge in [-0.2, -0.15) is 9.97 Å². The molecular formula is C47H54N6O6. The van der Waals surface area contributed by atoms with Crippen molar-refractivity contribution in [3.63, 3.8) is 0 Å². The second-order valence-corrected chi connectivity index (χ2v) is 16.6. The first-order valence-corrected chi connectivity index (χ1v) is 20.8. The maximum Gasteiger partial charge on any atom is 0.410 e. The fourth-order valence-electron chi connectivity index (χ4n) is 8.24. The summed E-state index contributed by atoms with van der Waals surface area (Å²) in [5.74, 6) is 1.63. The summed E-state index contributed by atoms with van der Waals surface area (Å²) >= 11 is 0. The lowest BCUT2D eigenvalue weighted by atomic mass is 10.0. The fourth-order valence-corrected chi connectivity index (χ4v) is 8.24. The number of hydrogen-bond acceptors (Lipinski definition) is 10. The normalized spacial score (nSPS) is 17.4. The van der Waals surface area contributed by atoms with Crippen molar-refractivity contribution in [2.24, 2.45) is 0 Å². The van der Waals surface area contributed by atoms with Gasteiger partial charge in [-0.15, -0.1) is 0 Å². The summed E-state index contributed by atoms with van der Waals surface area (Å²) in [6, 6.07) is 32.7. The number of fused-ring (bicyclic) bond motifs is 2. The Balaban J connectivity index is 1.05. The SMILES string of the molecule is C[C@@H](Oc1nc2c(c(N3CCN(C(=O)OCc4ccccc4)CC3)n1)CCN(c1cc(OCc3ccccc3)cc3ccccc13)C2)[C@H]1CCCN1C(=O)OC(C)(C)C. The van der Waals surface area contributed by atoms with E-state index in [0.717, 1.165) is 76.2 Å². The van der Waals surface area contributed by atoms with Crippen LogP contribution in [-0.4, -0.2) is 89.0 Å². The lowest BCUT2D eigenvalue weighted by molar-refractivity contribution is 0.0102. The molecule has 59 heavy (non-hydrogen) atoms. The van der Waals surface area contributed by atoms with E-state index in [1.54, 1.807) is 9.80 Å². The van der Waals surface area contributed by atoms with Crippen LogP contribution < -0.4 is 19.3 Å². The van der Waals surface area contributed by atoms with Gasteiger partial charge in [0.25, 0.3) is 0 Å². The largest absolute Gasteiger partial charge is 0.489 e. The van der Waals surface area contributed by atoms with E-state index in [-0.39, 0.29) is 36.9 Å². The Bertz CT molecular complexity index is 2240. The maximum atomic E-state index is 13.2. The smallest absolute Gasteiger partial charge is 0.410 e. The Hall–Kier alpha value is -6.04. The number of nitrogens with zero attached hydrogens (tertiary/aromatic N) is 6. The van der Waals surface area contributed by atoms with Gasteiger partial charge in [0.2, 0.25) is 0 Å². The van der Waals surface area contributed by atoms with E-state index in [2.05, 4.69) is 58.3 Å². The van der Waals surface area contributed by atoms with Crippen molar-refractivity contribution in [2.75, 3.05) is 49.1 Å². The molecule has 4 heterocycles. The van der Waals surface area contributed by atoms with Crippen LogP contribution >= 0.6 is 0 Å². The van der Waals surface area contributed by atoms with Crippen LogP contribution in [0.3, 0.4) is 0 Å². The lowest BCUT2D eigenvalue weighted by Gasteiger charge is -2.38. The van der Waals surface area contributed by atoms with E-state index in [4.69, 9.17) is 28.9 Å². The second-order valence-electron chi connectivity index (χ2n) is 16.6. The average molecular weight is 799 g/mol.